The van der Waals surface area contributed by atoms with Crippen LogP contribution in [0.4, 0.5) is 0 Å². The predicted molar refractivity (Wildman–Crippen MR) is 126 cm³/mol. The van der Waals surface area contributed by atoms with Gasteiger partial charge in [-0.15, -0.1) is 11.3 Å². The van der Waals surface area contributed by atoms with Crippen LogP contribution in [0.2, 0.25) is 0 Å². The van der Waals surface area contributed by atoms with Gasteiger partial charge < -0.3 is 30.0 Å². The molecule has 1 heterocycles. The van der Waals surface area contributed by atoms with Crippen molar-refractivity contribution in [3.63, 3.8) is 0 Å². The minimum absolute atomic E-state index is 0.338. The first kappa shape index (κ1) is 22.7. The van der Waals surface area contributed by atoms with Crippen molar-refractivity contribution in [3.8, 4) is 17.2 Å². The monoisotopic (exact) mass is 443 g/mol. The number of fused-ring (bicyclic) bond motifs is 1. The van der Waals surface area contributed by atoms with Crippen LogP contribution in [-0.4, -0.2) is 45.5 Å². The fraction of sp³-hybridized carbons (Fsp3) is 0.348. The highest BCUT2D eigenvalue weighted by Gasteiger charge is 2.15. The normalized spacial score (nSPS) is 12.5. The number of hydrogen-bond donors (Lipinski definition) is 3. The summed E-state index contributed by atoms with van der Waals surface area (Å²) in [4.78, 5) is 5.57. The molecule has 166 valence electrons. The van der Waals surface area contributed by atoms with Gasteiger partial charge in [0, 0.05) is 34.8 Å². The third-order valence-electron chi connectivity index (χ3n) is 4.79. The molecule has 1 unspecified atom stereocenters. The van der Waals surface area contributed by atoms with Crippen LogP contribution in [0.15, 0.2) is 47.5 Å². The van der Waals surface area contributed by atoms with E-state index in [1.807, 2.05) is 25.1 Å². The topological polar surface area (TPSA) is 84.3 Å². The maximum atomic E-state index is 10.7. The zero-order valence-corrected chi connectivity index (χ0v) is 19.1. The van der Waals surface area contributed by atoms with Crippen molar-refractivity contribution in [2.45, 2.75) is 19.6 Å². The van der Waals surface area contributed by atoms with Gasteiger partial charge in [0.25, 0.3) is 0 Å². The Hall–Kier alpha value is -2.97. The minimum Gasteiger partial charge on any atom is -0.496 e. The first-order valence-corrected chi connectivity index (χ1v) is 10.9. The molecule has 0 amide bonds. The van der Waals surface area contributed by atoms with Crippen LogP contribution < -0.4 is 24.8 Å². The number of methoxy groups -OCH3 is 3. The molecular weight excluding hydrogens is 414 g/mol. The van der Waals surface area contributed by atoms with E-state index < -0.39 is 6.10 Å². The molecule has 0 radical (unpaired) electrons. The van der Waals surface area contributed by atoms with Gasteiger partial charge in [-0.3, -0.25) is 0 Å². The van der Waals surface area contributed by atoms with E-state index in [1.165, 1.54) is 0 Å². The van der Waals surface area contributed by atoms with E-state index in [2.05, 4.69) is 27.8 Å². The maximum Gasteiger partial charge on any atom is 0.191 e. The zero-order valence-electron chi connectivity index (χ0n) is 18.3. The Balaban J connectivity index is 1.73. The van der Waals surface area contributed by atoms with Crippen LogP contribution in [-0.2, 0) is 6.54 Å². The molecule has 3 rings (SSSR count). The van der Waals surface area contributed by atoms with Gasteiger partial charge in [0.05, 0.1) is 33.4 Å². The highest BCUT2D eigenvalue weighted by atomic mass is 32.1. The number of nitrogens with zero attached hydrogens (tertiary/aromatic N) is 1. The summed E-state index contributed by atoms with van der Waals surface area (Å²) in [5.41, 5.74) is 0.813. The fourth-order valence-electron chi connectivity index (χ4n) is 3.19. The fourth-order valence-corrected chi connectivity index (χ4v) is 4.24. The molecule has 7 nitrogen and oxygen atoms in total. The number of guanidine groups is 1. The van der Waals surface area contributed by atoms with Gasteiger partial charge in [-0.2, -0.15) is 0 Å². The number of ether oxygens (including phenoxy) is 3. The third-order valence-corrected chi connectivity index (χ3v) is 6.01. The molecule has 3 aromatic rings. The SMILES string of the molecule is CCNC(=NCc1c(OC)cc(OC)cc1OC)NCC(O)c1cc2ccccc2s1. The lowest BCUT2D eigenvalue weighted by molar-refractivity contribution is 0.184. The molecule has 0 aliphatic carbocycles. The molecular formula is C23H29N3O4S. The molecule has 31 heavy (non-hydrogen) atoms. The number of aliphatic imine (C=N–C) groups is 1. The molecule has 0 bridgehead atoms. The average molecular weight is 444 g/mol. The van der Waals surface area contributed by atoms with E-state index in [9.17, 15) is 5.11 Å². The second kappa shape index (κ2) is 10.9. The summed E-state index contributed by atoms with van der Waals surface area (Å²) in [6, 6.07) is 13.8. The lowest BCUT2D eigenvalue weighted by Gasteiger charge is -2.16. The van der Waals surface area contributed by atoms with Gasteiger partial charge in [-0.05, 0) is 24.4 Å². The Morgan fingerprint density at radius 3 is 2.35 bits per heavy atom. The second-order valence-corrected chi connectivity index (χ2v) is 7.90. The van der Waals surface area contributed by atoms with Crippen molar-refractivity contribution in [2.24, 2.45) is 4.99 Å². The quantitative estimate of drug-likeness (QED) is 0.345. The molecule has 0 saturated heterocycles. The molecule has 8 heteroatoms. The van der Waals surface area contributed by atoms with Gasteiger partial charge in [-0.1, -0.05) is 18.2 Å². The standard InChI is InChI=1S/C23H29N3O4S/c1-5-24-23(25-13-17-19(29-3)11-16(28-2)12-20(17)30-4)26-14-18(27)22-10-15-8-6-7-9-21(15)31-22/h6-12,18,27H,5,13-14H2,1-4H3,(H2,24,25,26). The Labute approximate surface area is 186 Å². The van der Waals surface area contributed by atoms with E-state index >= 15 is 0 Å². The number of aliphatic hydroxyl groups is 1. The molecule has 0 aliphatic rings. The summed E-state index contributed by atoms with van der Waals surface area (Å²) in [7, 11) is 4.81. The molecule has 0 aliphatic heterocycles. The number of thiophene rings is 1. The number of rotatable bonds is 9. The lowest BCUT2D eigenvalue weighted by Crippen LogP contribution is -2.39. The predicted octanol–water partition coefficient (Wildman–Crippen LogP) is 3.72. The first-order chi connectivity index (χ1) is 15.1. The Morgan fingerprint density at radius 2 is 1.74 bits per heavy atom. The van der Waals surface area contributed by atoms with Crippen LogP contribution in [0.5, 0.6) is 17.2 Å². The summed E-state index contributed by atoms with van der Waals surface area (Å²) in [5, 5.41) is 18.2. The minimum atomic E-state index is -0.633. The van der Waals surface area contributed by atoms with Crippen molar-refractivity contribution >= 4 is 27.4 Å². The van der Waals surface area contributed by atoms with E-state index in [1.54, 1.807) is 44.8 Å². The molecule has 1 atom stereocenters. The molecule has 0 spiro atoms. The molecule has 1 aromatic heterocycles. The summed E-state index contributed by atoms with van der Waals surface area (Å²) >= 11 is 1.60. The average Bonchev–Trinajstić information content (AvgIpc) is 3.24. The van der Waals surface area contributed by atoms with Gasteiger partial charge in [0.1, 0.15) is 23.4 Å². The molecule has 0 saturated carbocycles. The van der Waals surface area contributed by atoms with E-state index in [0.29, 0.717) is 42.8 Å². The smallest absolute Gasteiger partial charge is 0.191 e. The number of benzene rings is 2. The van der Waals surface area contributed by atoms with E-state index in [0.717, 1.165) is 20.5 Å². The highest BCUT2D eigenvalue weighted by Crippen LogP contribution is 2.34. The molecule has 0 fully saturated rings. The van der Waals surface area contributed by atoms with Crippen LogP contribution in [0, 0.1) is 0 Å². The third kappa shape index (κ3) is 5.59. The second-order valence-electron chi connectivity index (χ2n) is 6.79. The van der Waals surface area contributed by atoms with Crippen LogP contribution in [0.3, 0.4) is 0 Å². The summed E-state index contributed by atoms with van der Waals surface area (Å²) in [6.07, 6.45) is -0.633. The van der Waals surface area contributed by atoms with Crippen LogP contribution in [0.1, 0.15) is 23.5 Å². The lowest BCUT2D eigenvalue weighted by atomic mass is 10.1. The summed E-state index contributed by atoms with van der Waals surface area (Å²) < 4.78 is 17.5. The Morgan fingerprint density at radius 1 is 1.03 bits per heavy atom. The van der Waals surface area contributed by atoms with Crippen molar-refractivity contribution in [2.75, 3.05) is 34.4 Å². The number of aliphatic hydroxyl groups excluding tert-OH is 1. The van der Waals surface area contributed by atoms with Gasteiger partial charge in [0.2, 0.25) is 0 Å². The number of nitrogens with one attached hydrogen (secondary N) is 2. The highest BCUT2D eigenvalue weighted by molar-refractivity contribution is 7.19. The van der Waals surface area contributed by atoms with Crippen molar-refractivity contribution < 1.29 is 19.3 Å². The maximum absolute atomic E-state index is 10.7. The van der Waals surface area contributed by atoms with Gasteiger partial charge in [-0.25, -0.2) is 4.99 Å². The first-order valence-electron chi connectivity index (χ1n) is 10.1. The van der Waals surface area contributed by atoms with E-state index in [-0.39, 0.29) is 0 Å². The molecule has 3 N–H and O–H groups in total. The van der Waals surface area contributed by atoms with Crippen LogP contribution in [0.25, 0.3) is 10.1 Å². The molecule has 2 aromatic carbocycles. The van der Waals surface area contributed by atoms with Crippen molar-refractivity contribution in [1.29, 1.82) is 0 Å². The summed E-state index contributed by atoms with van der Waals surface area (Å²) in [6.45, 7) is 3.37. The van der Waals surface area contributed by atoms with E-state index in [4.69, 9.17) is 14.2 Å². The van der Waals surface area contributed by atoms with Crippen LogP contribution >= 0.6 is 11.3 Å². The largest absolute Gasteiger partial charge is 0.496 e. The van der Waals surface area contributed by atoms with Gasteiger partial charge >= 0.3 is 0 Å². The zero-order chi connectivity index (χ0) is 22.2. The Bertz CT molecular complexity index is 977. The Kier molecular flexibility index (Phi) is 7.97. The number of hydrogen-bond acceptors (Lipinski definition) is 6. The van der Waals surface area contributed by atoms with Crippen molar-refractivity contribution in [3.05, 3.63) is 52.9 Å². The summed E-state index contributed by atoms with van der Waals surface area (Å²) in [5.74, 6) is 2.53. The van der Waals surface area contributed by atoms with Crippen molar-refractivity contribution in [1.82, 2.24) is 10.6 Å². The van der Waals surface area contributed by atoms with Gasteiger partial charge in [0.15, 0.2) is 5.96 Å².